The van der Waals surface area contributed by atoms with E-state index in [1.165, 1.54) is 64.2 Å². The van der Waals surface area contributed by atoms with Crippen LogP contribution in [0.2, 0.25) is 0 Å². The number of hydrogen-bond acceptors (Lipinski definition) is 6. The smallest absolute Gasteiger partial charge is 0.0456 e. The first kappa shape index (κ1) is 181. The maximum absolute atomic E-state index is 3.78. The minimum Gasteiger partial charge on any atom is -0.361 e. The van der Waals surface area contributed by atoms with Crippen LogP contribution in [-0.4, -0.2) is 56.1 Å². The second-order valence-electron chi connectivity index (χ2n) is 24.3. The van der Waals surface area contributed by atoms with Crippen molar-refractivity contribution in [3.63, 3.8) is 0 Å². The molecule has 0 bridgehead atoms. The summed E-state index contributed by atoms with van der Waals surface area (Å²) in [5.41, 5.74) is 6.46. The number of aromatic amines is 2. The SMILES string of the molecule is C.C.C.C.C.C.CC.CC.CC.CC.CC.CC.CC.CC.CC.CC(C)C(C)Cc1c[nH]c2ccccc12.CCC(C)C.CCC(C)C.CCC(C)C.CNC(C)C.CNC(C)C.C[CH-]C.C[CH-]C.[CH2-]C.[CH2-]C.[Y].[Y].c1ccc(-c2ccccc2)cc1.c1ccc2[nH]ccc2c1.c1ccccc1.c1ccccc1.c1ccncc1.c1ccncc1.c1cnccn1. The van der Waals surface area contributed by atoms with Crippen molar-refractivity contribution in [1.82, 2.24) is 40.5 Å². The monoisotopic (exact) mass is 1920 g/mol. The summed E-state index contributed by atoms with van der Waals surface area (Å²) in [6.45, 7) is 89.3. The van der Waals surface area contributed by atoms with Crippen LogP contribution in [0.15, 0.2) is 286 Å². The average Bonchev–Trinajstić information content (AvgIpc) is 1.72. The molecule has 2 radical (unpaired) electrons. The van der Waals surface area contributed by atoms with Crippen LogP contribution in [0.4, 0.5) is 0 Å². The molecule has 6 aromatic carbocycles. The van der Waals surface area contributed by atoms with E-state index in [-0.39, 0.29) is 110 Å². The normalized spacial score (nSPS) is 7.83. The molecule has 11 rings (SSSR count). The zero-order valence-corrected chi connectivity index (χ0v) is 92.7. The van der Waals surface area contributed by atoms with Gasteiger partial charge in [0, 0.05) is 156 Å². The van der Waals surface area contributed by atoms with Gasteiger partial charge in [-0.3, -0.25) is 19.9 Å². The Morgan fingerprint density at radius 3 is 0.701 bits per heavy atom. The molecule has 0 fully saturated rings. The first-order valence-electron chi connectivity index (χ1n) is 45.6. The topological polar surface area (TPSA) is 107 Å². The maximum atomic E-state index is 3.78. The summed E-state index contributed by atoms with van der Waals surface area (Å²) in [4.78, 5) is 21.5. The van der Waals surface area contributed by atoms with Crippen molar-refractivity contribution in [2.24, 2.45) is 29.6 Å². The summed E-state index contributed by atoms with van der Waals surface area (Å²) in [5.74, 6) is 4.14. The Labute approximate surface area is 853 Å². The Kier molecular flexibility index (Phi) is 258. The Bertz CT molecular complexity index is 2680. The van der Waals surface area contributed by atoms with Gasteiger partial charge in [-0.15, -0.1) is 0 Å². The van der Waals surface area contributed by atoms with Crippen molar-refractivity contribution in [1.29, 1.82) is 0 Å². The van der Waals surface area contributed by atoms with E-state index in [2.05, 4.69) is 262 Å². The second-order valence-corrected chi connectivity index (χ2v) is 24.3. The van der Waals surface area contributed by atoms with Gasteiger partial charge in [-0.25, -0.2) is 0 Å². The van der Waals surface area contributed by atoms with Gasteiger partial charge in [-0.1, -0.05) is 481 Å². The molecule has 1 unspecified atom stereocenters. The number of para-hydroxylation sites is 2. The van der Waals surface area contributed by atoms with Gasteiger partial charge in [0.2, 0.25) is 0 Å². The van der Waals surface area contributed by atoms with E-state index in [9.17, 15) is 0 Å². The molecule has 8 nitrogen and oxygen atoms in total. The van der Waals surface area contributed by atoms with Gasteiger partial charge in [0.05, 0.1) is 0 Å². The molecule has 0 aliphatic carbocycles. The van der Waals surface area contributed by atoms with Crippen molar-refractivity contribution in [2.75, 3.05) is 14.1 Å². The van der Waals surface area contributed by atoms with E-state index in [1.54, 1.807) is 63.4 Å². The molecule has 0 saturated carbocycles. The number of aromatic nitrogens is 6. The number of nitrogens with one attached hydrogen (secondary N) is 4. The number of fused-ring (bicyclic) bond motifs is 2. The van der Waals surface area contributed by atoms with E-state index in [1.807, 2.05) is 319 Å². The predicted molar refractivity (Wildman–Crippen MR) is 599 cm³/mol. The second kappa shape index (κ2) is 181. The summed E-state index contributed by atoms with van der Waals surface area (Å²) < 4.78 is 0. The van der Waals surface area contributed by atoms with Gasteiger partial charge >= 0.3 is 0 Å². The zero-order chi connectivity index (χ0) is 95.2. The Morgan fingerprint density at radius 1 is 0.299 bits per heavy atom. The molecule has 11 aromatic rings. The van der Waals surface area contributed by atoms with Crippen molar-refractivity contribution < 1.29 is 65.4 Å². The van der Waals surface area contributed by atoms with Crippen LogP contribution in [0, 0.1) is 56.3 Å². The van der Waals surface area contributed by atoms with E-state index in [0.717, 1.165) is 29.6 Å². The van der Waals surface area contributed by atoms with E-state index < -0.39 is 0 Å². The summed E-state index contributed by atoms with van der Waals surface area (Å²) in [7, 11) is 3.90. The van der Waals surface area contributed by atoms with Crippen LogP contribution >= 0.6 is 0 Å². The molecule has 0 aliphatic heterocycles. The predicted octanol–water partition coefficient (Wildman–Crippen LogP) is 40.1. The summed E-state index contributed by atoms with van der Waals surface area (Å²) in [6, 6.07) is 76.3. The Morgan fingerprint density at radius 2 is 0.504 bits per heavy atom. The summed E-state index contributed by atoms with van der Waals surface area (Å²) in [6.07, 6.45) is 26.7. The van der Waals surface area contributed by atoms with Gasteiger partial charge in [0.1, 0.15) is 0 Å². The molecule has 0 aliphatic rings. The minimum atomic E-state index is 0. The third-order valence-electron chi connectivity index (χ3n) is 13.2. The van der Waals surface area contributed by atoms with Crippen LogP contribution in [0.25, 0.3) is 32.9 Å². The van der Waals surface area contributed by atoms with E-state index >= 15 is 0 Å². The molecule has 0 spiro atoms. The number of nitrogens with zero attached hydrogens (tertiary/aromatic N) is 4. The van der Waals surface area contributed by atoms with Gasteiger partial charge < -0.3 is 47.3 Å². The molecule has 740 valence electrons. The van der Waals surface area contributed by atoms with Crippen molar-refractivity contribution >= 4 is 21.8 Å². The van der Waals surface area contributed by atoms with Crippen LogP contribution in [0.3, 0.4) is 0 Å². The first-order chi connectivity index (χ1) is 57.8. The third kappa shape index (κ3) is 170. The molecule has 5 aromatic heterocycles. The molecular formula is C117H222N8Y2-4. The van der Waals surface area contributed by atoms with Crippen LogP contribution in [0.1, 0.15) is 346 Å². The van der Waals surface area contributed by atoms with Crippen molar-refractivity contribution in [3.05, 3.63) is 319 Å². The van der Waals surface area contributed by atoms with Crippen molar-refractivity contribution in [3.8, 4) is 11.1 Å². The Balaban J connectivity index is -0.0000000432. The fourth-order valence-corrected chi connectivity index (χ4v) is 5.79. The van der Waals surface area contributed by atoms with Crippen molar-refractivity contribution in [2.45, 2.75) is 359 Å². The molecule has 0 amide bonds. The number of rotatable bonds is 9. The largest absolute Gasteiger partial charge is 0.361 e. The molecule has 5 heterocycles. The standard InChI is InChI=1S/C14H19N.C12H10.C8H7N.2C6H6.2C5H5N.3C5H12.C4H4N2.2C4H11N.2C3H7.9C2H6.2C2H5.6CH4.2Y/c1-10(2)11(3)8-12-9-15-14-7-5-4-6-13(12)14;1-3-7-11(8-4-1)12-9-5-2-6-10-12;1-2-4-8-7(3-1)5-6-9-8;4*1-2-4-6-5-3-1;3*1-4-5(2)3;1-2-6-4-3-5-1;2*1-4(2)5-3;2*1-3-2;11*1-2;;;;;;;;/h4-7,9-11,15H,8H2,1-3H3;1-10H;1-6,9H;2*1-6H;2*1-5H;3*5H,4H2,1-3H3;1-4H;2*4-5H,1-3H3;2*3H,1-2H3;9*1-2H3;2*1H2,2H3;6*1H4;;/q;;;;;;;;;;;;;2*-1;;;;;;;;;;2*-1;;;;;;;;. The number of H-pyrrole nitrogens is 2. The first-order valence-corrected chi connectivity index (χ1v) is 45.6. The molecule has 4 N–H and O–H groups in total. The molecule has 127 heavy (non-hydrogen) atoms. The van der Waals surface area contributed by atoms with Crippen LogP contribution in [-0.2, 0) is 71.8 Å². The minimum absolute atomic E-state index is 0. The quantitative estimate of drug-likeness (QED) is 0.107. The maximum Gasteiger partial charge on any atom is 0.0456 e. The van der Waals surface area contributed by atoms with Gasteiger partial charge in [0.15, 0.2) is 0 Å². The fraction of sp³-hybridized carbons (Fsp3) is 0.504. The number of hydrogen-bond donors (Lipinski definition) is 4. The Hall–Kier alpha value is -6.09. The zero-order valence-electron chi connectivity index (χ0n) is 87.0. The molecule has 1 atom stereocenters. The molecule has 0 saturated heterocycles. The fourth-order valence-electron chi connectivity index (χ4n) is 5.79. The van der Waals surface area contributed by atoms with Gasteiger partial charge in [0.25, 0.3) is 0 Å². The van der Waals surface area contributed by atoms with E-state index in [4.69, 9.17) is 0 Å². The average molecular weight is 1920 g/mol. The summed E-state index contributed by atoms with van der Waals surface area (Å²) in [5, 5.41) is 8.71. The molecule has 10 heteroatoms. The summed E-state index contributed by atoms with van der Waals surface area (Å²) >= 11 is 0. The third-order valence-corrected chi connectivity index (χ3v) is 13.2. The van der Waals surface area contributed by atoms with Crippen LogP contribution < -0.4 is 10.6 Å². The molecular weight excluding hydrogens is 1700 g/mol. The number of benzene rings is 6. The van der Waals surface area contributed by atoms with Gasteiger partial charge in [-0.05, 0) is 115 Å². The number of pyridine rings is 2. The van der Waals surface area contributed by atoms with Gasteiger partial charge in [-0.2, -0.15) is 41.5 Å². The van der Waals surface area contributed by atoms with E-state index in [0.29, 0.717) is 12.1 Å². The van der Waals surface area contributed by atoms with Crippen LogP contribution in [0.5, 0.6) is 0 Å².